The Bertz CT molecular complexity index is 695. The van der Waals surface area contributed by atoms with Gasteiger partial charge in [0.05, 0.1) is 12.7 Å². The Labute approximate surface area is 172 Å². The lowest BCUT2D eigenvalue weighted by molar-refractivity contribution is 0.0600. The molecule has 156 valence electrons. The second kappa shape index (κ2) is 9.74. The number of nitrogens with one attached hydrogen (secondary N) is 1. The van der Waals surface area contributed by atoms with Gasteiger partial charge in [0.15, 0.2) is 0 Å². The van der Waals surface area contributed by atoms with Crippen molar-refractivity contribution in [3.8, 4) is 0 Å². The summed E-state index contributed by atoms with van der Waals surface area (Å²) in [5, 5.41) is 3.68. The Balaban J connectivity index is 1.74. The molecule has 1 saturated heterocycles. The van der Waals surface area contributed by atoms with Crippen LogP contribution in [0.4, 0.5) is 9.80 Å². The van der Waals surface area contributed by atoms with Crippen molar-refractivity contribution in [1.82, 2.24) is 9.80 Å². The molecule has 1 unspecified atom stereocenters. The van der Waals surface area contributed by atoms with Crippen molar-refractivity contribution in [2.75, 3.05) is 45.7 Å². The van der Waals surface area contributed by atoms with E-state index in [1.54, 1.807) is 11.3 Å². The lowest BCUT2D eigenvalue weighted by Crippen LogP contribution is -2.48. The van der Waals surface area contributed by atoms with Gasteiger partial charge in [-0.15, -0.1) is 11.3 Å². The fraction of sp³-hybridized carbons (Fsp3) is 0.714. The van der Waals surface area contributed by atoms with Crippen LogP contribution in [0, 0.1) is 5.92 Å². The molecule has 7 heteroatoms. The summed E-state index contributed by atoms with van der Waals surface area (Å²) in [6, 6.07) is -0.114. The van der Waals surface area contributed by atoms with Crippen molar-refractivity contribution in [3.63, 3.8) is 0 Å². The molecule has 1 atom stereocenters. The predicted octanol–water partition coefficient (Wildman–Crippen LogP) is 4.00. The quantitative estimate of drug-likeness (QED) is 0.572. The Morgan fingerprint density at radius 1 is 1.21 bits per heavy atom. The molecule has 1 N–H and O–H groups in total. The van der Waals surface area contributed by atoms with Crippen LogP contribution in [-0.4, -0.2) is 62.1 Å². The summed E-state index contributed by atoms with van der Waals surface area (Å²) in [4.78, 5) is 30.5. The van der Waals surface area contributed by atoms with Gasteiger partial charge in [0.1, 0.15) is 5.00 Å². The highest BCUT2D eigenvalue weighted by atomic mass is 32.1. The number of esters is 1. The number of unbranched alkanes of at least 4 members (excludes halogenated alkanes) is 2. The van der Waals surface area contributed by atoms with Gasteiger partial charge >= 0.3 is 12.0 Å². The predicted molar refractivity (Wildman–Crippen MR) is 113 cm³/mol. The zero-order chi connectivity index (χ0) is 20.1. The molecule has 0 saturated carbocycles. The number of hydrogen-bond acceptors (Lipinski definition) is 5. The first-order valence-corrected chi connectivity index (χ1v) is 11.3. The highest BCUT2D eigenvalue weighted by Crippen LogP contribution is 2.41. The van der Waals surface area contributed by atoms with E-state index in [1.807, 2.05) is 4.90 Å². The summed E-state index contributed by atoms with van der Waals surface area (Å²) in [6.07, 6.45) is 8.08. The highest BCUT2D eigenvalue weighted by Gasteiger charge is 2.31. The maximum absolute atomic E-state index is 12.7. The average Bonchev–Trinajstić information content (AvgIpc) is 3.05. The number of urea groups is 1. The number of amides is 2. The molecule has 1 aromatic rings. The molecule has 0 spiro atoms. The summed E-state index contributed by atoms with van der Waals surface area (Å²) in [5.41, 5.74) is 1.68. The molecule has 2 amide bonds. The van der Waals surface area contributed by atoms with Crippen molar-refractivity contribution in [2.45, 2.75) is 51.9 Å². The lowest BCUT2D eigenvalue weighted by Gasteiger charge is -2.32. The Morgan fingerprint density at radius 2 is 1.96 bits per heavy atom. The third-order valence-corrected chi connectivity index (χ3v) is 7.15. The molecule has 2 heterocycles. The molecule has 0 radical (unpaired) electrons. The number of thiophene rings is 1. The number of methoxy groups -OCH3 is 1. The van der Waals surface area contributed by atoms with Crippen molar-refractivity contribution < 1.29 is 14.3 Å². The van der Waals surface area contributed by atoms with E-state index in [0.717, 1.165) is 37.9 Å². The van der Waals surface area contributed by atoms with Crippen LogP contribution in [0.2, 0.25) is 0 Å². The van der Waals surface area contributed by atoms with Gasteiger partial charge in [-0.1, -0.05) is 32.6 Å². The number of hydrogen-bond donors (Lipinski definition) is 1. The Morgan fingerprint density at radius 3 is 2.64 bits per heavy atom. The second-order valence-electron chi connectivity index (χ2n) is 8.02. The van der Waals surface area contributed by atoms with Gasteiger partial charge in [0.2, 0.25) is 0 Å². The molecule has 1 fully saturated rings. The average molecular weight is 408 g/mol. The number of anilines is 1. The summed E-state index contributed by atoms with van der Waals surface area (Å²) in [7, 11) is 3.48. The van der Waals surface area contributed by atoms with Gasteiger partial charge in [-0.25, -0.2) is 9.59 Å². The first kappa shape index (κ1) is 21.1. The fourth-order valence-electron chi connectivity index (χ4n) is 4.18. The summed E-state index contributed by atoms with van der Waals surface area (Å²) in [6.45, 7) is 5.40. The molecule has 3 rings (SSSR count). The number of nitrogens with zero attached hydrogens (tertiary/aromatic N) is 2. The molecule has 6 nitrogen and oxygen atoms in total. The van der Waals surface area contributed by atoms with Crippen molar-refractivity contribution >= 4 is 28.3 Å². The van der Waals surface area contributed by atoms with E-state index in [9.17, 15) is 9.59 Å². The first-order chi connectivity index (χ1) is 13.5. The van der Waals surface area contributed by atoms with Crippen LogP contribution < -0.4 is 5.32 Å². The van der Waals surface area contributed by atoms with Crippen LogP contribution in [0.3, 0.4) is 0 Å². The van der Waals surface area contributed by atoms with Crippen molar-refractivity contribution in [1.29, 1.82) is 0 Å². The maximum atomic E-state index is 12.7. The third-order valence-electron chi connectivity index (χ3n) is 5.98. The standard InChI is InChI=1S/C21H33N3O3S/c1-4-5-6-7-15-8-9-16-17(14-15)28-19(18(16)20(25)27-3)22-21(26)24-12-10-23(2)11-13-24/h15H,4-14H2,1-3H3,(H,22,26). The van der Waals surface area contributed by atoms with E-state index in [1.165, 1.54) is 37.7 Å². The lowest BCUT2D eigenvalue weighted by atomic mass is 9.84. The van der Waals surface area contributed by atoms with Gasteiger partial charge in [-0.05, 0) is 37.8 Å². The topological polar surface area (TPSA) is 61.9 Å². The molecule has 2 aliphatic rings. The van der Waals surface area contributed by atoms with Crippen LogP contribution in [-0.2, 0) is 17.6 Å². The molecule has 1 aromatic heterocycles. The molecule has 1 aliphatic heterocycles. The summed E-state index contributed by atoms with van der Waals surface area (Å²) >= 11 is 1.57. The molecule has 1 aliphatic carbocycles. The molecule has 0 aromatic carbocycles. The van der Waals surface area contributed by atoms with E-state index in [0.29, 0.717) is 29.6 Å². The second-order valence-corrected chi connectivity index (χ2v) is 9.13. The van der Waals surface area contributed by atoms with E-state index < -0.39 is 0 Å². The smallest absolute Gasteiger partial charge is 0.341 e. The van der Waals surface area contributed by atoms with Gasteiger partial charge in [-0.3, -0.25) is 5.32 Å². The monoisotopic (exact) mass is 407 g/mol. The largest absolute Gasteiger partial charge is 0.465 e. The minimum Gasteiger partial charge on any atom is -0.465 e. The number of ether oxygens (including phenoxy) is 1. The minimum atomic E-state index is -0.337. The van der Waals surface area contributed by atoms with Crippen LogP contribution in [0.1, 0.15) is 59.8 Å². The number of fused-ring (bicyclic) bond motifs is 1. The zero-order valence-electron chi connectivity index (χ0n) is 17.4. The maximum Gasteiger partial charge on any atom is 0.341 e. The van der Waals surface area contributed by atoms with Gasteiger partial charge in [0, 0.05) is 31.1 Å². The summed E-state index contributed by atoms with van der Waals surface area (Å²) in [5.74, 6) is 0.347. The van der Waals surface area contributed by atoms with Crippen LogP contribution in [0.5, 0.6) is 0 Å². The SMILES string of the molecule is CCCCCC1CCc2c(sc(NC(=O)N3CCN(C)CC3)c2C(=O)OC)C1. The molecular weight excluding hydrogens is 374 g/mol. The minimum absolute atomic E-state index is 0.114. The van der Waals surface area contributed by atoms with Crippen molar-refractivity contribution in [3.05, 3.63) is 16.0 Å². The molecular formula is C21H33N3O3S. The van der Waals surface area contributed by atoms with Gasteiger partial charge < -0.3 is 14.5 Å². The number of carbonyl (C=O) groups is 2. The Hall–Kier alpha value is -1.60. The highest BCUT2D eigenvalue weighted by molar-refractivity contribution is 7.17. The van der Waals surface area contributed by atoms with E-state index in [2.05, 4.69) is 24.2 Å². The zero-order valence-corrected chi connectivity index (χ0v) is 18.2. The molecule has 0 bridgehead atoms. The van der Waals surface area contributed by atoms with E-state index in [4.69, 9.17) is 4.74 Å². The fourth-order valence-corrected chi connectivity index (χ4v) is 5.52. The van der Waals surface area contributed by atoms with E-state index >= 15 is 0 Å². The molecule has 28 heavy (non-hydrogen) atoms. The van der Waals surface area contributed by atoms with Crippen LogP contribution >= 0.6 is 11.3 Å². The van der Waals surface area contributed by atoms with Crippen LogP contribution in [0.15, 0.2) is 0 Å². The summed E-state index contributed by atoms with van der Waals surface area (Å²) < 4.78 is 5.04. The number of likely N-dealkylation sites (N-methyl/N-ethyl adjacent to an activating group) is 1. The third kappa shape index (κ3) is 4.87. The first-order valence-electron chi connectivity index (χ1n) is 10.5. The number of carbonyl (C=O) groups excluding carboxylic acids is 2. The number of rotatable bonds is 6. The van der Waals surface area contributed by atoms with Crippen LogP contribution in [0.25, 0.3) is 0 Å². The van der Waals surface area contributed by atoms with Gasteiger partial charge in [0.25, 0.3) is 0 Å². The normalized spacial score (nSPS) is 20.0. The van der Waals surface area contributed by atoms with Gasteiger partial charge in [-0.2, -0.15) is 0 Å². The van der Waals surface area contributed by atoms with E-state index in [-0.39, 0.29) is 12.0 Å². The van der Waals surface area contributed by atoms with Crippen molar-refractivity contribution in [2.24, 2.45) is 5.92 Å². The Kier molecular flexibility index (Phi) is 7.35. The number of piperazine rings is 1.